The van der Waals surface area contributed by atoms with Crippen molar-refractivity contribution in [3.8, 4) is 0 Å². The Hall–Kier alpha value is -0.700. The minimum Gasteiger partial charge on any atom is -0.166 e. The van der Waals surface area contributed by atoms with Gasteiger partial charge in [0, 0.05) is 0 Å². The second-order valence-corrected chi connectivity index (χ2v) is 3.01. The van der Waals surface area contributed by atoms with E-state index in [-0.39, 0.29) is 5.02 Å². The van der Waals surface area contributed by atoms with Crippen molar-refractivity contribution in [2.24, 2.45) is 0 Å². The van der Waals surface area contributed by atoms with Gasteiger partial charge in [0.25, 0.3) is 0 Å². The molecule has 0 aliphatic carbocycles. The first-order valence-corrected chi connectivity index (χ1v) is 5.19. The Morgan fingerprint density at radius 1 is 1.20 bits per heavy atom. The summed E-state index contributed by atoms with van der Waals surface area (Å²) in [5.74, 6) is 0. The number of rotatable bonds is 1. The van der Waals surface area contributed by atoms with Gasteiger partial charge in [0.15, 0.2) is 0 Å². The Morgan fingerprint density at radius 2 is 1.73 bits per heavy atom. The van der Waals surface area contributed by atoms with Crippen molar-refractivity contribution in [2.45, 2.75) is 33.4 Å². The third kappa shape index (κ3) is 3.74. The second-order valence-electron chi connectivity index (χ2n) is 2.63. The van der Waals surface area contributed by atoms with E-state index in [1.165, 1.54) is 6.07 Å². The normalized spacial score (nSPS) is 10.6. The zero-order valence-corrected chi connectivity index (χ0v) is 9.71. The van der Waals surface area contributed by atoms with Gasteiger partial charge >= 0.3 is 6.18 Å². The maximum atomic E-state index is 12.3. The van der Waals surface area contributed by atoms with E-state index in [1.54, 1.807) is 13.0 Å². The first-order valence-electron chi connectivity index (χ1n) is 4.81. The van der Waals surface area contributed by atoms with E-state index in [0.29, 0.717) is 12.0 Å². The van der Waals surface area contributed by atoms with Crippen molar-refractivity contribution in [3.05, 3.63) is 34.3 Å². The van der Waals surface area contributed by atoms with Crippen LogP contribution < -0.4 is 0 Å². The number of hydrogen-bond acceptors (Lipinski definition) is 0. The standard InChI is InChI=1S/C9H8ClF3.C2H6/c1-2-6-4-3-5-7(8(6)10)9(11,12)13;1-2/h3-5H,2H2,1H3;1-2H3. The summed E-state index contributed by atoms with van der Waals surface area (Å²) in [5.41, 5.74) is -0.231. The second kappa shape index (κ2) is 6.01. The van der Waals surface area contributed by atoms with Crippen LogP contribution in [0.5, 0.6) is 0 Å². The van der Waals surface area contributed by atoms with E-state index < -0.39 is 11.7 Å². The highest BCUT2D eigenvalue weighted by atomic mass is 35.5. The predicted octanol–water partition coefficient (Wildman–Crippen LogP) is 4.95. The molecule has 15 heavy (non-hydrogen) atoms. The zero-order valence-electron chi connectivity index (χ0n) is 8.95. The summed E-state index contributed by atoms with van der Waals surface area (Å²) in [6.07, 6.45) is -3.86. The molecule has 0 aliphatic heterocycles. The molecule has 0 bridgehead atoms. The fourth-order valence-electron chi connectivity index (χ4n) is 1.07. The number of alkyl halides is 3. The molecule has 0 saturated carbocycles. The van der Waals surface area contributed by atoms with Crippen molar-refractivity contribution in [3.63, 3.8) is 0 Å². The van der Waals surface area contributed by atoms with Crippen molar-refractivity contribution in [1.29, 1.82) is 0 Å². The molecule has 0 aromatic heterocycles. The van der Waals surface area contributed by atoms with Gasteiger partial charge in [-0.3, -0.25) is 0 Å². The summed E-state index contributed by atoms with van der Waals surface area (Å²) in [6, 6.07) is 3.95. The van der Waals surface area contributed by atoms with E-state index in [1.807, 2.05) is 13.8 Å². The summed E-state index contributed by atoms with van der Waals surface area (Å²) in [5, 5.41) is -0.183. The van der Waals surface area contributed by atoms with Crippen LogP contribution in [0.3, 0.4) is 0 Å². The van der Waals surface area contributed by atoms with E-state index in [0.717, 1.165) is 6.07 Å². The summed E-state index contributed by atoms with van der Waals surface area (Å²) in [4.78, 5) is 0. The van der Waals surface area contributed by atoms with Crippen LogP contribution >= 0.6 is 11.6 Å². The van der Waals surface area contributed by atoms with Gasteiger partial charge in [-0.15, -0.1) is 0 Å². The van der Waals surface area contributed by atoms with Gasteiger partial charge in [0.1, 0.15) is 0 Å². The number of hydrogen-bond donors (Lipinski definition) is 0. The molecule has 1 aromatic rings. The molecule has 0 radical (unpaired) electrons. The van der Waals surface area contributed by atoms with Gasteiger partial charge in [-0.1, -0.05) is 44.5 Å². The highest BCUT2D eigenvalue weighted by Gasteiger charge is 2.33. The largest absolute Gasteiger partial charge is 0.417 e. The minimum absolute atomic E-state index is 0.183. The monoisotopic (exact) mass is 238 g/mol. The summed E-state index contributed by atoms with van der Waals surface area (Å²) >= 11 is 5.57. The maximum absolute atomic E-state index is 12.3. The number of halogens is 4. The van der Waals surface area contributed by atoms with Crippen LogP contribution in [-0.2, 0) is 12.6 Å². The smallest absolute Gasteiger partial charge is 0.166 e. The van der Waals surface area contributed by atoms with Crippen LogP contribution in [-0.4, -0.2) is 0 Å². The van der Waals surface area contributed by atoms with Gasteiger partial charge < -0.3 is 0 Å². The summed E-state index contributed by atoms with van der Waals surface area (Å²) in [6.45, 7) is 5.77. The highest BCUT2D eigenvalue weighted by Crippen LogP contribution is 2.36. The minimum atomic E-state index is -4.36. The fraction of sp³-hybridized carbons (Fsp3) is 0.455. The van der Waals surface area contributed by atoms with Crippen molar-refractivity contribution in [1.82, 2.24) is 0 Å². The number of benzene rings is 1. The topological polar surface area (TPSA) is 0 Å². The van der Waals surface area contributed by atoms with Crippen LogP contribution in [0.25, 0.3) is 0 Å². The average Bonchev–Trinajstić information content (AvgIpc) is 2.19. The lowest BCUT2D eigenvalue weighted by molar-refractivity contribution is -0.137. The molecule has 0 atom stereocenters. The van der Waals surface area contributed by atoms with Crippen molar-refractivity contribution >= 4 is 11.6 Å². The molecule has 0 nitrogen and oxygen atoms in total. The highest BCUT2D eigenvalue weighted by molar-refractivity contribution is 6.32. The first-order chi connectivity index (χ1) is 6.96. The third-order valence-electron chi connectivity index (χ3n) is 1.76. The SMILES string of the molecule is CC.CCc1cccc(C(F)(F)F)c1Cl. The summed E-state index contributed by atoms with van der Waals surface area (Å²) in [7, 11) is 0. The molecule has 1 rings (SSSR count). The molecule has 0 saturated heterocycles. The average molecular weight is 239 g/mol. The maximum Gasteiger partial charge on any atom is 0.417 e. The lowest BCUT2D eigenvalue weighted by Gasteiger charge is -2.10. The lowest BCUT2D eigenvalue weighted by Crippen LogP contribution is -2.06. The van der Waals surface area contributed by atoms with Crippen molar-refractivity contribution in [2.75, 3.05) is 0 Å². The molecule has 0 spiro atoms. The van der Waals surface area contributed by atoms with Gasteiger partial charge in [0.2, 0.25) is 0 Å². The molecular weight excluding hydrogens is 225 g/mol. The molecule has 4 heteroatoms. The van der Waals surface area contributed by atoms with E-state index in [4.69, 9.17) is 11.6 Å². The Kier molecular flexibility index (Phi) is 5.73. The number of aryl methyl sites for hydroxylation is 1. The molecule has 0 heterocycles. The van der Waals surface area contributed by atoms with Gasteiger partial charge in [-0.05, 0) is 18.1 Å². The zero-order chi connectivity index (χ0) is 12.1. The quantitative estimate of drug-likeness (QED) is 0.650. The van der Waals surface area contributed by atoms with Crippen LogP contribution in [0.15, 0.2) is 18.2 Å². The third-order valence-corrected chi connectivity index (χ3v) is 2.21. The predicted molar refractivity (Wildman–Crippen MR) is 57.2 cm³/mol. The molecule has 0 unspecified atom stereocenters. The Balaban J connectivity index is 0.000000921. The van der Waals surface area contributed by atoms with Gasteiger partial charge in [-0.2, -0.15) is 13.2 Å². The molecule has 1 aromatic carbocycles. The van der Waals surface area contributed by atoms with Gasteiger partial charge in [0.05, 0.1) is 10.6 Å². The molecule has 0 aliphatic rings. The van der Waals surface area contributed by atoms with Gasteiger partial charge in [-0.25, -0.2) is 0 Å². The molecule has 0 amide bonds. The van der Waals surface area contributed by atoms with Crippen molar-refractivity contribution < 1.29 is 13.2 Å². The Morgan fingerprint density at radius 3 is 2.13 bits per heavy atom. The summed E-state index contributed by atoms with van der Waals surface area (Å²) < 4.78 is 36.8. The van der Waals surface area contributed by atoms with Crippen LogP contribution in [0.1, 0.15) is 31.9 Å². The fourth-order valence-corrected chi connectivity index (χ4v) is 1.44. The van der Waals surface area contributed by atoms with E-state index in [2.05, 4.69) is 0 Å². The van der Waals surface area contributed by atoms with Crippen LogP contribution in [0.4, 0.5) is 13.2 Å². The van der Waals surface area contributed by atoms with E-state index in [9.17, 15) is 13.2 Å². The Labute approximate surface area is 93.1 Å². The molecule has 86 valence electrons. The van der Waals surface area contributed by atoms with Crippen LogP contribution in [0, 0.1) is 0 Å². The molecular formula is C11H14ClF3. The Bertz CT molecular complexity index is 305. The molecule has 0 fully saturated rings. The van der Waals surface area contributed by atoms with E-state index >= 15 is 0 Å². The molecule has 0 N–H and O–H groups in total. The lowest BCUT2D eigenvalue weighted by atomic mass is 10.1. The van der Waals surface area contributed by atoms with Crippen LogP contribution in [0.2, 0.25) is 5.02 Å². The first kappa shape index (κ1) is 14.3.